The van der Waals surface area contributed by atoms with Gasteiger partial charge >= 0.3 is 0 Å². The number of rotatable bonds is 2. The summed E-state index contributed by atoms with van der Waals surface area (Å²) in [4.78, 5) is 15.5. The number of hydrogen-bond donors (Lipinski definition) is 2. The Hall–Kier alpha value is -1.20. The first-order chi connectivity index (χ1) is 7.25. The molecular formula is C10H13N3OS. The van der Waals surface area contributed by atoms with Crippen molar-refractivity contribution in [2.24, 2.45) is 5.73 Å². The van der Waals surface area contributed by atoms with E-state index >= 15 is 0 Å². The van der Waals surface area contributed by atoms with Crippen LogP contribution in [0.4, 0.5) is 0 Å². The summed E-state index contributed by atoms with van der Waals surface area (Å²) < 4.78 is 0. The molecule has 80 valence electrons. The molecular weight excluding hydrogens is 210 g/mol. The highest BCUT2D eigenvalue weighted by molar-refractivity contribution is 7.14. The molecule has 0 aliphatic carbocycles. The molecule has 5 heteroatoms. The van der Waals surface area contributed by atoms with Crippen LogP contribution in [-0.2, 0) is 0 Å². The lowest BCUT2D eigenvalue weighted by Crippen LogP contribution is -2.22. The zero-order valence-corrected chi connectivity index (χ0v) is 9.14. The first-order valence-corrected chi connectivity index (χ1v) is 5.73. The minimum atomic E-state index is -0.400. The summed E-state index contributed by atoms with van der Waals surface area (Å²) in [6.45, 7) is 2.06. The SMILES string of the molecule is NC(=O)c1cnc(C=C2CCNCC2)s1. The van der Waals surface area contributed by atoms with Crippen LogP contribution < -0.4 is 11.1 Å². The van der Waals surface area contributed by atoms with Crippen molar-refractivity contribution >= 4 is 23.3 Å². The number of nitrogens with zero attached hydrogens (tertiary/aromatic N) is 1. The van der Waals surface area contributed by atoms with Crippen molar-refractivity contribution < 1.29 is 4.79 Å². The normalized spacial score (nSPS) is 16.4. The Morgan fingerprint density at radius 1 is 1.53 bits per heavy atom. The second-order valence-electron chi connectivity index (χ2n) is 3.48. The van der Waals surface area contributed by atoms with E-state index in [1.165, 1.54) is 16.9 Å². The maximum absolute atomic E-state index is 10.9. The molecule has 0 unspecified atom stereocenters. The van der Waals surface area contributed by atoms with Gasteiger partial charge in [-0.2, -0.15) is 0 Å². The average Bonchev–Trinajstić information content (AvgIpc) is 2.68. The standard InChI is InChI=1S/C10H13N3OS/c11-10(14)8-6-13-9(15-8)5-7-1-3-12-4-2-7/h5-6,12H,1-4H2,(H2,11,14). The molecule has 2 heterocycles. The molecule has 4 nitrogen and oxygen atoms in total. The van der Waals surface area contributed by atoms with Gasteiger partial charge in [0.15, 0.2) is 0 Å². The molecule has 0 atom stereocenters. The molecule has 3 N–H and O–H groups in total. The highest BCUT2D eigenvalue weighted by Gasteiger charge is 2.08. The fraction of sp³-hybridized carbons (Fsp3) is 0.400. The highest BCUT2D eigenvalue weighted by Crippen LogP contribution is 2.19. The van der Waals surface area contributed by atoms with Crippen LogP contribution in [0, 0.1) is 0 Å². The molecule has 1 aromatic heterocycles. The van der Waals surface area contributed by atoms with Crippen LogP contribution in [0.2, 0.25) is 0 Å². The van der Waals surface area contributed by atoms with Gasteiger partial charge in [-0.25, -0.2) is 4.98 Å². The lowest BCUT2D eigenvalue weighted by atomic mass is 10.1. The number of hydrogen-bond acceptors (Lipinski definition) is 4. The topological polar surface area (TPSA) is 68.0 Å². The second-order valence-corrected chi connectivity index (χ2v) is 4.54. The molecule has 15 heavy (non-hydrogen) atoms. The summed E-state index contributed by atoms with van der Waals surface area (Å²) in [7, 11) is 0. The number of nitrogens with one attached hydrogen (secondary N) is 1. The van der Waals surface area contributed by atoms with Gasteiger partial charge in [-0.05, 0) is 32.0 Å². The number of carbonyl (C=O) groups is 1. The van der Waals surface area contributed by atoms with Gasteiger partial charge in [-0.1, -0.05) is 5.57 Å². The minimum absolute atomic E-state index is 0.400. The van der Waals surface area contributed by atoms with Crippen LogP contribution >= 0.6 is 11.3 Å². The average molecular weight is 223 g/mol. The van der Waals surface area contributed by atoms with E-state index in [1.807, 2.05) is 0 Å². The quantitative estimate of drug-likeness (QED) is 0.786. The van der Waals surface area contributed by atoms with Crippen molar-refractivity contribution in [3.8, 4) is 0 Å². The van der Waals surface area contributed by atoms with E-state index in [4.69, 9.17) is 5.73 Å². The third-order valence-electron chi connectivity index (χ3n) is 2.34. The van der Waals surface area contributed by atoms with E-state index in [0.717, 1.165) is 30.9 Å². The second kappa shape index (κ2) is 4.55. The van der Waals surface area contributed by atoms with Crippen molar-refractivity contribution in [3.63, 3.8) is 0 Å². The zero-order chi connectivity index (χ0) is 10.7. The zero-order valence-electron chi connectivity index (χ0n) is 8.32. The number of amides is 1. The smallest absolute Gasteiger partial charge is 0.260 e. The lowest BCUT2D eigenvalue weighted by Gasteiger charge is -2.14. The van der Waals surface area contributed by atoms with Crippen molar-refractivity contribution in [2.75, 3.05) is 13.1 Å². The van der Waals surface area contributed by atoms with E-state index in [1.54, 1.807) is 6.20 Å². The van der Waals surface area contributed by atoms with Gasteiger partial charge in [-0.15, -0.1) is 11.3 Å². The van der Waals surface area contributed by atoms with Crippen molar-refractivity contribution in [2.45, 2.75) is 12.8 Å². The van der Waals surface area contributed by atoms with E-state index in [2.05, 4.69) is 16.4 Å². The van der Waals surface area contributed by atoms with Crippen molar-refractivity contribution in [3.05, 3.63) is 21.7 Å². The number of nitrogens with two attached hydrogens (primary N) is 1. The molecule has 0 aromatic carbocycles. The molecule has 1 aliphatic heterocycles. The number of thiazole rings is 1. The molecule has 1 aliphatic rings. The van der Waals surface area contributed by atoms with Crippen LogP contribution in [0.5, 0.6) is 0 Å². The fourth-order valence-corrected chi connectivity index (χ4v) is 2.30. The van der Waals surface area contributed by atoms with Crippen LogP contribution in [0.1, 0.15) is 27.5 Å². The number of piperidine rings is 1. The molecule has 1 saturated heterocycles. The van der Waals surface area contributed by atoms with Gasteiger partial charge in [-0.3, -0.25) is 4.79 Å². The van der Waals surface area contributed by atoms with Gasteiger partial charge < -0.3 is 11.1 Å². The molecule has 0 spiro atoms. The largest absolute Gasteiger partial charge is 0.365 e. The van der Waals surface area contributed by atoms with Crippen molar-refractivity contribution in [1.82, 2.24) is 10.3 Å². The Morgan fingerprint density at radius 3 is 2.87 bits per heavy atom. The summed E-state index contributed by atoms with van der Waals surface area (Å²) in [5.74, 6) is -0.400. The fourth-order valence-electron chi connectivity index (χ4n) is 1.54. The molecule has 1 fully saturated rings. The molecule has 0 bridgehead atoms. The summed E-state index contributed by atoms with van der Waals surface area (Å²) >= 11 is 1.35. The predicted octanol–water partition coefficient (Wildman–Crippen LogP) is 1.01. The lowest BCUT2D eigenvalue weighted by molar-refractivity contribution is 0.100. The van der Waals surface area contributed by atoms with Gasteiger partial charge in [0.05, 0.1) is 6.20 Å². The summed E-state index contributed by atoms with van der Waals surface area (Å²) in [5.41, 5.74) is 6.55. The Bertz CT molecular complexity index is 389. The van der Waals surface area contributed by atoms with E-state index in [9.17, 15) is 4.79 Å². The maximum atomic E-state index is 10.9. The molecule has 1 amide bonds. The Labute approximate surface area is 92.2 Å². The first kappa shape index (κ1) is 10.3. The molecule has 2 rings (SSSR count). The van der Waals surface area contributed by atoms with Crippen LogP contribution in [-0.4, -0.2) is 24.0 Å². The molecule has 1 aromatic rings. The minimum Gasteiger partial charge on any atom is -0.365 e. The van der Waals surface area contributed by atoms with E-state index < -0.39 is 5.91 Å². The summed E-state index contributed by atoms with van der Waals surface area (Å²) in [5, 5.41) is 4.17. The van der Waals surface area contributed by atoms with Gasteiger partial charge in [0.1, 0.15) is 9.88 Å². The Balaban J connectivity index is 2.12. The predicted molar refractivity (Wildman–Crippen MR) is 60.7 cm³/mol. The van der Waals surface area contributed by atoms with Crippen LogP contribution in [0.3, 0.4) is 0 Å². The molecule has 0 saturated carbocycles. The summed E-state index contributed by atoms with van der Waals surface area (Å²) in [6, 6.07) is 0. The monoisotopic (exact) mass is 223 g/mol. The Morgan fingerprint density at radius 2 is 2.27 bits per heavy atom. The molecule has 0 radical (unpaired) electrons. The third kappa shape index (κ3) is 2.64. The summed E-state index contributed by atoms with van der Waals surface area (Å²) in [6.07, 6.45) is 5.73. The van der Waals surface area contributed by atoms with Gasteiger partial charge in [0.25, 0.3) is 5.91 Å². The number of aromatic nitrogens is 1. The Kier molecular flexibility index (Phi) is 3.13. The van der Waals surface area contributed by atoms with E-state index in [-0.39, 0.29) is 0 Å². The number of primary amides is 1. The number of carbonyl (C=O) groups excluding carboxylic acids is 1. The maximum Gasteiger partial charge on any atom is 0.260 e. The highest BCUT2D eigenvalue weighted by atomic mass is 32.1. The third-order valence-corrected chi connectivity index (χ3v) is 3.30. The van der Waals surface area contributed by atoms with Crippen LogP contribution in [0.15, 0.2) is 11.8 Å². The van der Waals surface area contributed by atoms with E-state index in [0.29, 0.717) is 4.88 Å². The van der Waals surface area contributed by atoms with Gasteiger partial charge in [0, 0.05) is 0 Å². The van der Waals surface area contributed by atoms with Crippen molar-refractivity contribution in [1.29, 1.82) is 0 Å². The van der Waals surface area contributed by atoms with Crippen LogP contribution in [0.25, 0.3) is 6.08 Å². The first-order valence-electron chi connectivity index (χ1n) is 4.91. The van der Waals surface area contributed by atoms with Gasteiger partial charge in [0.2, 0.25) is 0 Å².